The van der Waals surface area contributed by atoms with E-state index in [4.69, 9.17) is 35.8 Å². The summed E-state index contributed by atoms with van der Waals surface area (Å²) in [5, 5.41) is 2.84. The Kier molecular flexibility index (Phi) is 14.9. The zero-order valence-corrected chi connectivity index (χ0v) is 25.3. The van der Waals surface area contributed by atoms with Crippen molar-refractivity contribution in [3.8, 4) is 0 Å². The van der Waals surface area contributed by atoms with Crippen molar-refractivity contribution < 1.29 is 62.9 Å². The molecule has 228 valence electrons. The van der Waals surface area contributed by atoms with Gasteiger partial charge in [0.25, 0.3) is 0 Å². The Morgan fingerprint density at radius 1 is 0.872 bits per heavy atom. The molecule has 0 saturated carbocycles. The molecule has 0 unspecified atom stereocenters. The molecule has 0 aliphatic rings. The number of amides is 1. The van der Waals surface area contributed by atoms with Crippen LogP contribution in [0, 0.1) is 0 Å². The molecule has 1 aromatic carbocycles. The highest BCUT2D eigenvalue weighted by atomic mass is 32.2. The van der Waals surface area contributed by atoms with Gasteiger partial charge in [0.05, 0.1) is 37.0 Å². The topological polar surface area (TPSA) is 164 Å². The van der Waals surface area contributed by atoms with Crippen molar-refractivity contribution in [1.29, 1.82) is 0 Å². The van der Waals surface area contributed by atoms with E-state index in [-0.39, 0.29) is 43.6 Å². The minimum Gasteiger partial charge on any atom is -0.444 e. The quantitative estimate of drug-likeness (QED) is 0.184. The van der Waals surface area contributed by atoms with E-state index in [1.165, 1.54) is 12.1 Å². The Bertz CT molecular complexity index is 1120. The van der Waals surface area contributed by atoms with E-state index in [0.717, 1.165) is 0 Å². The number of hydrogen-bond acceptors (Lipinski definition) is 10. The zero-order chi connectivity index (χ0) is 30.7. The van der Waals surface area contributed by atoms with Crippen LogP contribution in [0.2, 0.25) is 0 Å². The van der Waals surface area contributed by atoms with E-state index in [1.54, 1.807) is 54.5 Å². The van der Waals surface area contributed by atoms with E-state index < -0.39 is 42.5 Å². The molecule has 18 heteroatoms. The first-order valence-electron chi connectivity index (χ1n) is 11.6. The first-order valence-corrected chi connectivity index (χ1v) is 16.1. The Hall–Kier alpha value is -1.51. The van der Waals surface area contributed by atoms with E-state index >= 15 is 0 Å². The van der Waals surface area contributed by atoms with Crippen LogP contribution < -0.4 is 15.9 Å². The second-order valence-corrected chi connectivity index (χ2v) is 13.7. The first kappa shape index (κ1) is 37.5. The molecule has 0 heterocycles. The molecule has 1 aromatic rings. The molecule has 1 rings (SSSR count). The highest BCUT2D eigenvalue weighted by Gasteiger charge is 2.44. The normalized spacial score (nSPS) is 12.9. The maximum atomic E-state index is 13.6. The number of nitrogens with one attached hydrogen (secondary N) is 1. The van der Waals surface area contributed by atoms with Gasteiger partial charge < -0.3 is 28.1 Å². The monoisotopic (exact) mass is 629 g/mol. The molecule has 12 nitrogen and oxygen atoms in total. The lowest BCUT2D eigenvalue weighted by Crippen LogP contribution is -2.33. The summed E-state index contributed by atoms with van der Waals surface area (Å²) in [6.07, 6.45) is -0.592. The van der Waals surface area contributed by atoms with Gasteiger partial charge >= 0.3 is 36.9 Å². The van der Waals surface area contributed by atoms with Crippen LogP contribution in [0.15, 0.2) is 18.2 Å². The van der Waals surface area contributed by atoms with Crippen molar-refractivity contribution in [1.82, 2.24) is 5.32 Å². The van der Waals surface area contributed by atoms with Crippen molar-refractivity contribution >= 4 is 42.0 Å². The Labute approximate surface area is 226 Å². The number of rotatable bonds is 12. The third kappa shape index (κ3) is 12.7. The summed E-state index contributed by atoms with van der Waals surface area (Å²) in [6, 6.07) is 4.69. The van der Waals surface area contributed by atoms with Crippen LogP contribution in [0.4, 0.5) is 18.0 Å². The average molecular weight is 630 g/mol. The average Bonchev–Trinajstić information content (AvgIpc) is 2.76. The lowest BCUT2D eigenvalue weighted by molar-refractivity contribution is -0.0510. The summed E-state index contributed by atoms with van der Waals surface area (Å²) >= 11 is 0. The highest BCUT2D eigenvalue weighted by Crippen LogP contribution is 2.53. The van der Waals surface area contributed by atoms with Crippen LogP contribution >= 0.6 is 15.2 Å². The Balaban J connectivity index is 0.00000156. The molecule has 0 aliphatic heterocycles. The van der Waals surface area contributed by atoms with Crippen molar-refractivity contribution in [3.63, 3.8) is 0 Å². The number of carbonyl (C=O) groups excluding carboxylic acids is 1. The largest absolute Gasteiger partial charge is 0.522 e. The van der Waals surface area contributed by atoms with Gasteiger partial charge in [-0.3, -0.25) is 13.7 Å². The lowest BCUT2D eigenvalue weighted by atomic mass is 10.2. The molecule has 0 spiro atoms. The van der Waals surface area contributed by atoms with Gasteiger partial charge in [-0.25, -0.2) is 4.79 Å². The van der Waals surface area contributed by atoms with E-state index in [1.807, 2.05) is 0 Å². The van der Waals surface area contributed by atoms with Crippen LogP contribution in [0.1, 0.15) is 54.0 Å². The SMILES string of the molecule is CCOP(=O)(OCC)c1ccc(CNC(=O)OC(C)(C)C)cc1P(=O)(OCC)OCC.O=S(=O)(O)C(F)(F)F. The summed E-state index contributed by atoms with van der Waals surface area (Å²) in [5.41, 5.74) is -5.59. The van der Waals surface area contributed by atoms with Gasteiger partial charge in [-0.2, -0.15) is 21.6 Å². The molecular formula is C21H36F3NO11P2S. The van der Waals surface area contributed by atoms with Crippen molar-refractivity contribution in [2.75, 3.05) is 26.4 Å². The van der Waals surface area contributed by atoms with Crippen molar-refractivity contribution in [2.24, 2.45) is 0 Å². The number of carbonyl (C=O) groups is 1. The number of halogens is 3. The predicted molar refractivity (Wildman–Crippen MR) is 138 cm³/mol. The number of alkyl halides is 3. The maximum absolute atomic E-state index is 13.6. The molecule has 0 aliphatic carbocycles. The molecule has 0 aromatic heterocycles. The number of hydrogen-bond donors (Lipinski definition) is 2. The van der Waals surface area contributed by atoms with E-state index in [9.17, 15) is 27.1 Å². The standard InChI is InChI=1S/C20H35NO8P2.CHF3O3S/c1-8-25-30(23,26-9-2)17-13-12-16(15-21-19(22)29-20(5,6)7)14-18(17)31(24,27-10-3)28-11-4;2-1(3,4)8(5,6)7/h12-14H,8-11,15H2,1-7H3,(H,21,22);(H,5,6,7). The fraction of sp³-hybridized carbons (Fsp3) is 0.667. The minimum absolute atomic E-state index is 0.0879. The van der Waals surface area contributed by atoms with Crippen molar-refractivity contribution in [3.05, 3.63) is 23.8 Å². The second-order valence-electron chi connectivity index (χ2n) is 8.27. The summed E-state index contributed by atoms with van der Waals surface area (Å²) in [7, 11) is -13.5. The fourth-order valence-electron chi connectivity index (χ4n) is 2.65. The molecule has 39 heavy (non-hydrogen) atoms. The molecule has 0 fully saturated rings. The lowest BCUT2D eigenvalue weighted by Gasteiger charge is -2.25. The van der Waals surface area contributed by atoms with Crippen LogP contribution in [0.5, 0.6) is 0 Å². The van der Waals surface area contributed by atoms with Gasteiger partial charge in [0.1, 0.15) is 5.60 Å². The number of benzene rings is 1. The van der Waals surface area contributed by atoms with Gasteiger partial charge in [0.15, 0.2) is 0 Å². The van der Waals surface area contributed by atoms with E-state index in [0.29, 0.717) is 5.56 Å². The molecule has 0 radical (unpaired) electrons. The van der Waals surface area contributed by atoms with Gasteiger partial charge in [0.2, 0.25) is 0 Å². The molecular weight excluding hydrogens is 593 g/mol. The molecule has 0 atom stereocenters. The Morgan fingerprint density at radius 3 is 1.59 bits per heavy atom. The zero-order valence-electron chi connectivity index (χ0n) is 22.7. The van der Waals surface area contributed by atoms with Gasteiger partial charge in [-0.15, -0.1) is 0 Å². The van der Waals surface area contributed by atoms with Crippen LogP contribution in [-0.4, -0.2) is 56.6 Å². The van der Waals surface area contributed by atoms with Gasteiger partial charge in [-0.1, -0.05) is 6.07 Å². The van der Waals surface area contributed by atoms with Crippen LogP contribution in [0.3, 0.4) is 0 Å². The molecule has 2 N–H and O–H groups in total. The highest BCUT2D eigenvalue weighted by molar-refractivity contribution is 7.86. The second kappa shape index (κ2) is 15.5. The summed E-state index contributed by atoms with van der Waals surface area (Å²) in [4.78, 5) is 12.0. The maximum Gasteiger partial charge on any atom is 0.522 e. The smallest absolute Gasteiger partial charge is 0.444 e. The first-order chi connectivity index (χ1) is 17.7. The van der Waals surface area contributed by atoms with Gasteiger partial charge in [0, 0.05) is 6.54 Å². The van der Waals surface area contributed by atoms with Gasteiger partial charge in [-0.05, 0) is 66.2 Å². The fourth-order valence-corrected chi connectivity index (χ4v) is 6.73. The van der Waals surface area contributed by atoms with Crippen molar-refractivity contribution in [2.45, 2.75) is 66.1 Å². The molecule has 1 amide bonds. The third-order valence-electron chi connectivity index (χ3n) is 3.95. The number of ether oxygens (including phenoxy) is 1. The molecule has 0 bridgehead atoms. The molecule has 0 saturated heterocycles. The third-order valence-corrected chi connectivity index (χ3v) is 9.05. The van der Waals surface area contributed by atoms with Crippen LogP contribution in [0.25, 0.3) is 0 Å². The summed E-state index contributed by atoms with van der Waals surface area (Å²) < 4.78 is 112. The number of alkyl carbamates (subject to hydrolysis) is 1. The summed E-state index contributed by atoms with van der Waals surface area (Å²) in [6.45, 7) is 12.6. The Morgan fingerprint density at radius 2 is 1.26 bits per heavy atom. The van der Waals surface area contributed by atoms with E-state index in [2.05, 4.69) is 5.32 Å². The predicted octanol–water partition coefficient (Wildman–Crippen LogP) is 4.89. The summed E-state index contributed by atoms with van der Waals surface area (Å²) in [5.74, 6) is 0. The minimum atomic E-state index is -5.84. The van der Waals surface area contributed by atoms with Crippen LogP contribution in [-0.2, 0) is 48.6 Å².